The van der Waals surface area contributed by atoms with Gasteiger partial charge in [0.15, 0.2) is 6.10 Å². The standard InChI is InChI=1S/C16H16ClNO2S/c1-11(20-14-5-3-2-4-13(14)17)16(19)18-8-6-15-12(10-18)7-9-21-15/h2-5,7,9,11H,6,8,10H2,1H3. The summed E-state index contributed by atoms with van der Waals surface area (Å²) in [6, 6.07) is 9.31. The minimum atomic E-state index is -0.537. The number of hydrogen-bond acceptors (Lipinski definition) is 3. The van der Waals surface area contributed by atoms with Gasteiger partial charge in [0.2, 0.25) is 0 Å². The molecular weight excluding hydrogens is 306 g/mol. The van der Waals surface area contributed by atoms with Crippen LogP contribution in [0.25, 0.3) is 0 Å². The number of halogens is 1. The van der Waals surface area contributed by atoms with Gasteiger partial charge in [-0.3, -0.25) is 4.79 Å². The SMILES string of the molecule is CC(Oc1ccccc1Cl)C(=O)N1CCc2sccc2C1. The van der Waals surface area contributed by atoms with Crippen molar-refractivity contribution in [1.82, 2.24) is 4.90 Å². The van der Waals surface area contributed by atoms with Crippen LogP contribution in [0, 0.1) is 0 Å². The van der Waals surface area contributed by atoms with E-state index in [0.29, 0.717) is 17.3 Å². The molecule has 0 spiro atoms. The second kappa shape index (κ2) is 6.08. The number of nitrogens with zero attached hydrogens (tertiary/aromatic N) is 1. The molecule has 0 bridgehead atoms. The zero-order valence-corrected chi connectivity index (χ0v) is 13.3. The molecule has 0 N–H and O–H groups in total. The van der Waals surface area contributed by atoms with Crippen LogP contribution in [-0.4, -0.2) is 23.5 Å². The number of rotatable bonds is 3. The molecule has 3 rings (SSSR count). The van der Waals surface area contributed by atoms with Crippen LogP contribution in [0.5, 0.6) is 5.75 Å². The van der Waals surface area contributed by atoms with E-state index in [1.807, 2.05) is 17.0 Å². The molecule has 1 aromatic heterocycles. The molecule has 1 unspecified atom stereocenters. The van der Waals surface area contributed by atoms with E-state index < -0.39 is 6.10 Å². The Morgan fingerprint density at radius 3 is 3.00 bits per heavy atom. The third kappa shape index (κ3) is 3.06. The molecular formula is C16H16ClNO2S. The van der Waals surface area contributed by atoms with Crippen molar-refractivity contribution in [2.24, 2.45) is 0 Å². The predicted octanol–water partition coefficient (Wildman–Crippen LogP) is 3.75. The van der Waals surface area contributed by atoms with Crippen molar-refractivity contribution >= 4 is 28.8 Å². The summed E-state index contributed by atoms with van der Waals surface area (Å²) < 4.78 is 5.71. The van der Waals surface area contributed by atoms with Gasteiger partial charge in [-0.1, -0.05) is 23.7 Å². The van der Waals surface area contributed by atoms with E-state index in [-0.39, 0.29) is 5.91 Å². The first-order valence-electron chi connectivity index (χ1n) is 6.90. The summed E-state index contributed by atoms with van der Waals surface area (Å²) in [6.07, 6.45) is 0.391. The van der Waals surface area contributed by atoms with Crippen molar-refractivity contribution in [2.45, 2.75) is 26.0 Å². The fourth-order valence-electron chi connectivity index (χ4n) is 2.47. The van der Waals surface area contributed by atoms with Gasteiger partial charge in [0.1, 0.15) is 5.75 Å². The summed E-state index contributed by atoms with van der Waals surface area (Å²) in [5.74, 6) is 0.556. The first-order valence-corrected chi connectivity index (χ1v) is 8.16. The Morgan fingerprint density at radius 1 is 1.38 bits per heavy atom. The minimum absolute atomic E-state index is 0.00627. The van der Waals surface area contributed by atoms with Gasteiger partial charge in [-0.15, -0.1) is 11.3 Å². The van der Waals surface area contributed by atoms with E-state index in [9.17, 15) is 4.79 Å². The van der Waals surface area contributed by atoms with Crippen LogP contribution in [0.15, 0.2) is 35.7 Å². The number of carbonyl (C=O) groups excluding carboxylic acids is 1. The van der Waals surface area contributed by atoms with Crippen molar-refractivity contribution in [3.63, 3.8) is 0 Å². The van der Waals surface area contributed by atoms with Crippen LogP contribution >= 0.6 is 22.9 Å². The third-order valence-electron chi connectivity index (χ3n) is 3.61. The summed E-state index contributed by atoms with van der Waals surface area (Å²) in [7, 11) is 0. The molecule has 2 aromatic rings. The number of thiophene rings is 1. The van der Waals surface area contributed by atoms with Gasteiger partial charge in [0, 0.05) is 18.0 Å². The first kappa shape index (κ1) is 14.4. The Hall–Kier alpha value is -1.52. The highest BCUT2D eigenvalue weighted by Crippen LogP contribution is 2.27. The topological polar surface area (TPSA) is 29.5 Å². The maximum absolute atomic E-state index is 12.5. The predicted molar refractivity (Wildman–Crippen MR) is 85.0 cm³/mol. The molecule has 1 amide bonds. The van der Waals surface area contributed by atoms with Crippen LogP contribution in [0.1, 0.15) is 17.4 Å². The van der Waals surface area contributed by atoms with Gasteiger partial charge in [-0.2, -0.15) is 0 Å². The van der Waals surface area contributed by atoms with Gasteiger partial charge in [0.05, 0.1) is 5.02 Å². The molecule has 21 heavy (non-hydrogen) atoms. The number of amides is 1. The Balaban J connectivity index is 1.67. The van der Waals surface area contributed by atoms with Crippen LogP contribution in [0.4, 0.5) is 0 Å². The lowest BCUT2D eigenvalue weighted by molar-refractivity contribution is -0.138. The van der Waals surface area contributed by atoms with Crippen molar-refractivity contribution in [1.29, 1.82) is 0 Å². The van der Waals surface area contributed by atoms with Crippen molar-refractivity contribution in [3.8, 4) is 5.75 Å². The van der Waals surface area contributed by atoms with Crippen molar-refractivity contribution in [3.05, 3.63) is 51.2 Å². The molecule has 0 fully saturated rings. The smallest absolute Gasteiger partial charge is 0.263 e. The highest BCUT2D eigenvalue weighted by atomic mass is 35.5. The summed E-state index contributed by atoms with van der Waals surface area (Å²) >= 11 is 7.83. The lowest BCUT2D eigenvalue weighted by Crippen LogP contribution is -2.42. The molecule has 0 saturated heterocycles. The summed E-state index contributed by atoms with van der Waals surface area (Å²) in [5, 5.41) is 2.61. The molecule has 110 valence electrons. The Bertz CT molecular complexity index is 655. The Labute approximate surface area is 133 Å². The highest BCUT2D eigenvalue weighted by Gasteiger charge is 2.26. The molecule has 2 heterocycles. The maximum Gasteiger partial charge on any atom is 0.263 e. The molecule has 0 radical (unpaired) electrons. The van der Waals surface area contributed by atoms with E-state index >= 15 is 0 Å². The number of hydrogen-bond donors (Lipinski definition) is 0. The Kier molecular flexibility index (Phi) is 4.17. The summed E-state index contributed by atoms with van der Waals surface area (Å²) in [4.78, 5) is 15.8. The second-order valence-electron chi connectivity index (χ2n) is 5.07. The summed E-state index contributed by atoms with van der Waals surface area (Å²) in [6.45, 7) is 3.20. The lowest BCUT2D eigenvalue weighted by Gasteiger charge is -2.29. The molecule has 1 aromatic carbocycles. The quantitative estimate of drug-likeness (QED) is 0.861. The van der Waals surface area contributed by atoms with E-state index in [1.54, 1.807) is 30.4 Å². The zero-order valence-electron chi connectivity index (χ0n) is 11.7. The van der Waals surface area contributed by atoms with E-state index in [2.05, 4.69) is 11.4 Å². The molecule has 0 saturated carbocycles. The fraction of sp³-hybridized carbons (Fsp3) is 0.312. The van der Waals surface area contributed by atoms with Crippen molar-refractivity contribution in [2.75, 3.05) is 6.54 Å². The first-order chi connectivity index (χ1) is 10.1. The van der Waals surface area contributed by atoms with Gasteiger partial charge < -0.3 is 9.64 Å². The lowest BCUT2D eigenvalue weighted by atomic mass is 10.1. The number of ether oxygens (including phenoxy) is 1. The largest absolute Gasteiger partial charge is 0.479 e. The molecule has 1 atom stereocenters. The minimum Gasteiger partial charge on any atom is -0.479 e. The number of benzene rings is 1. The van der Waals surface area contributed by atoms with Crippen LogP contribution < -0.4 is 4.74 Å². The van der Waals surface area contributed by atoms with Gasteiger partial charge in [-0.25, -0.2) is 0 Å². The average molecular weight is 322 g/mol. The van der Waals surface area contributed by atoms with Gasteiger partial charge in [0.25, 0.3) is 5.91 Å². The zero-order chi connectivity index (χ0) is 14.8. The normalized spacial score (nSPS) is 15.4. The molecule has 3 nitrogen and oxygen atoms in total. The molecule has 1 aliphatic heterocycles. The maximum atomic E-state index is 12.5. The van der Waals surface area contributed by atoms with Crippen molar-refractivity contribution < 1.29 is 9.53 Å². The fourth-order valence-corrected chi connectivity index (χ4v) is 3.54. The molecule has 5 heteroatoms. The van der Waals surface area contributed by atoms with Gasteiger partial charge >= 0.3 is 0 Å². The van der Waals surface area contributed by atoms with E-state index in [0.717, 1.165) is 13.0 Å². The van der Waals surface area contributed by atoms with E-state index in [1.165, 1.54) is 10.4 Å². The number of fused-ring (bicyclic) bond motifs is 1. The summed E-state index contributed by atoms with van der Waals surface area (Å²) in [5.41, 5.74) is 1.25. The number of carbonyl (C=O) groups is 1. The highest BCUT2D eigenvalue weighted by molar-refractivity contribution is 7.10. The third-order valence-corrected chi connectivity index (χ3v) is 4.94. The average Bonchev–Trinajstić information content (AvgIpc) is 2.96. The van der Waals surface area contributed by atoms with Crippen LogP contribution in [0.3, 0.4) is 0 Å². The number of para-hydroxylation sites is 1. The molecule has 1 aliphatic rings. The van der Waals surface area contributed by atoms with E-state index in [4.69, 9.17) is 16.3 Å². The van der Waals surface area contributed by atoms with Gasteiger partial charge in [-0.05, 0) is 42.5 Å². The van der Waals surface area contributed by atoms with Crippen LogP contribution in [0.2, 0.25) is 5.02 Å². The molecule has 0 aliphatic carbocycles. The van der Waals surface area contributed by atoms with Crippen LogP contribution in [-0.2, 0) is 17.8 Å². The Morgan fingerprint density at radius 2 is 2.19 bits per heavy atom. The second-order valence-corrected chi connectivity index (χ2v) is 6.48. The monoisotopic (exact) mass is 321 g/mol.